The van der Waals surface area contributed by atoms with Crippen molar-refractivity contribution >= 4 is 11.8 Å². The summed E-state index contributed by atoms with van der Waals surface area (Å²) in [6.07, 6.45) is 5.75. The van der Waals surface area contributed by atoms with E-state index in [4.69, 9.17) is 4.74 Å². The maximum absolute atomic E-state index is 13.1. The zero-order valence-corrected chi connectivity index (χ0v) is 13.1. The van der Waals surface area contributed by atoms with Crippen molar-refractivity contribution in [2.24, 2.45) is 5.92 Å². The molecule has 5 nitrogen and oxygen atoms in total. The molecule has 2 amide bonds. The van der Waals surface area contributed by atoms with Gasteiger partial charge in [-0.1, -0.05) is 19.3 Å². The second-order valence-electron chi connectivity index (χ2n) is 7.30. The molecule has 1 N–H and O–H groups in total. The Morgan fingerprint density at radius 3 is 2.57 bits per heavy atom. The second kappa shape index (κ2) is 5.27. The number of carbonyl (C=O) groups excluding carboxylic acids is 2. The summed E-state index contributed by atoms with van der Waals surface area (Å²) in [5, 5.41) is 3.07. The molecule has 118 valence electrons. The molecule has 3 rings (SSSR count). The molecule has 0 aromatic rings. The van der Waals surface area contributed by atoms with Crippen molar-refractivity contribution in [3.05, 3.63) is 0 Å². The van der Waals surface area contributed by atoms with Crippen molar-refractivity contribution in [1.29, 1.82) is 0 Å². The summed E-state index contributed by atoms with van der Waals surface area (Å²) in [4.78, 5) is 27.5. The first-order chi connectivity index (χ1) is 9.96. The third-order valence-electron chi connectivity index (χ3n) is 5.41. The number of carbonyl (C=O) groups is 2. The number of nitrogens with zero attached hydrogens (tertiary/aromatic N) is 1. The smallest absolute Gasteiger partial charge is 0.249 e. The molecule has 2 heterocycles. The molecule has 0 radical (unpaired) electrons. The van der Waals surface area contributed by atoms with Gasteiger partial charge in [-0.25, -0.2) is 0 Å². The molecule has 1 aliphatic carbocycles. The van der Waals surface area contributed by atoms with Gasteiger partial charge in [0, 0.05) is 19.1 Å². The van der Waals surface area contributed by atoms with Crippen LogP contribution in [0.1, 0.15) is 52.4 Å². The van der Waals surface area contributed by atoms with Crippen LogP contribution in [-0.4, -0.2) is 47.6 Å². The molecule has 5 heteroatoms. The van der Waals surface area contributed by atoms with Crippen LogP contribution in [0.4, 0.5) is 0 Å². The van der Waals surface area contributed by atoms with Gasteiger partial charge in [0.25, 0.3) is 0 Å². The molecule has 1 spiro atoms. The van der Waals surface area contributed by atoms with Gasteiger partial charge in [0.2, 0.25) is 11.8 Å². The third-order valence-corrected chi connectivity index (χ3v) is 5.41. The monoisotopic (exact) mass is 294 g/mol. The lowest BCUT2D eigenvalue weighted by Gasteiger charge is -2.51. The van der Waals surface area contributed by atoms with Crippen molar-refractivity contribution < 1.29 is 14.3 Å². The second-order valence-corrected chi connectivity index (χ2v) is 7.30. The van der Waals surface area contributed by atoms with Gasteiger partial charge >= 0.3 is 0 Å². The van der Waals surface area contributed by atoms with Crippen molar-refractivity contribution in [1.82, 2.24) is 10.2 Å². The summed E-state index contributed by atoms with van der Waals surface area (Å²) in [6.45, 7) is 5.82. The highest BCUT2D eigenvalue weighted by molar-refractivity contribution is 6.02. The van der Waals surface area contributed by atoms with E-state index in [1.807, 2.05) is 18.7 Å². The van der Waals surface area contributed by atoms with E-state index in [1.165, 1.54) is 0 Å². The molecule has 0 aromatic carbocycles. The summed E-state index contributed by atoms with van der Waals surface area (Å²) in [5.41, 5.74) is -1.40. The van der Waals surface area contributed by atoms with E-state index in [9.17, 15) is 9.59 Å². The third kappa shape index (κ3) is 2.45. The minimum atomic E-state index is -0.762. The predicted octanol–water partition coefficient (Wildman–Crippen LogP) is 1.46. The van der Waals surface area contributed by atoms with Gasteiger partial charge in [-0.05, 0) is 33.1 Å². The standard InChI is InChI=1S/C16H26N2O3/c1-15(2)13(19)17-16(7-4-3-5-8-16)14(20)18(15)10-12-6-9-21-11-12/h12H,3-11H2,1-2H3,(H,17,19). The summed E-state index contributed by atoms with van der Waals surface area (Å²) in [6, 6.07) is 0. The van der Waals surface area contributed by atoms with Crippen LogP contribution in [0.3, 0.4) is 0 Å². The van der Waals surface area contributed by atoms with Gasteiger partial charge in [0.05, 0.1) is 6.61 Å². The van der Waals surface area contributed by atoms with Crippen molar-refractivity contribution in [3.63, 3.8) is 0 Å². The van der Waals surface area contributed by atoms with Crippen molar-refractivity contribution in [3.8, 4) is 0 Å². The fourth-order valence-corrected chi connectivity index (χ4v) is 3.85. The highest BCUT2D eigenvalue weighted by Crippen LogP contribution is 2.37. The molecule has 1 saturated carbocycles. The maximum atomic E-state index is 13.1. The van der Waals surface area contributed by atoms with E-state index >= 15 is 0 Å². The number of rotatable bonds is 2. The molecule has 0 aromatic heterocycles. The van der Waals surface area contributed by atoms with Crippen LogP contribution < -0.4 is 5.32 Å². The maximum Gasteiger partial charge on any atom is 0.249 e. The van der Waals surface area contributed by atoms with Crippen LogP contribution in [0.15, 0.2) is 0 Å². The summed E-state index contributed by atoms with van der Waals surface area (Å²) < 4.78 is 5.43. The average Bonchev–Trinajstić information content (AvgIpc) is 2.96. The first-order valence-corrected chi connectivity index (χ1v) is 8.18. The average molecular weight is 294 g/mol. The summed E-state index contributed by atoms with van der Waals surface area (Å²) in [7, 11) is 0. The van der Waals surface area contributed by atoms with E-state index in [1.54, 1.807) is 0 Å². The molecular weight excluding hydrogens is 268 g/mol. The van der Waals surface area contributed by atoms with E-state index in [0.29, 0.717) is 19.1 Å². The topological polar surface area (TPSA) is 58.6 Å². The molecule has 1 atom stereocenters. The van der Waals surface area contributed by atoms with Crippen LogP contribution in [0, 0.1) is 5.92 Å². The lowest BCUT2D eigenvalue weighted by atomic mass is 9.76. The fourth-order valence-electron chi connectivity index (χ4n) is 3.85. The Morgan fingerprint density at radius 1 is 1.24 bits per heavy atom. The number of amides is 2. The van der Waals surface area contributed by atoms with Gasteiger partial charge < -0.3 is 15.0 Å². The van der Waals surface area contributed by atoms with E-state index < -0.39 is 11.1 Å². The molecular formula is C16H26N2O3. The quantitative estimate of drug-likeness (QED) is 0.839. The highest BCUT2D eigenvalue weighted by atomic mass is 16.5. The molecule has 2 aliphatic heterocycles. The number of hydrogen-bond acceptors (Lipinski definition) is 3. The Balaban J connectivity index is 1.85. The van der Waals surface area contributed by atoms with Crippen LogP contribution in [0.25, 0.3) is 0 Å². The fraction of sp³-hybridized carbons (Fsp3) is 0.875. The van der Waals surface area contributed by atoms with Crippen LogP contribution in [0.5, 0.6) is 0 Å². The van der Waals surface area contributed by atoms with Gasteiger partial charge in [-0.2, -0.15) is 0 Å². The highest BCUT2D eigenvalue weighted by Gasteiger charge is 2.54. The van der Waals surface area contributed by atoms with E-state index in [-0.39, 0.29) is 11.8 Å². The number of piperazine rings is 1. The van der Waals surface area contributed by atoms with Crippen molar-refractivity contribution in [2.75, 3.05) is 19.8 Å². The van der Waals surface area contributed by atoms with Crippen LogP contribution in [-0.2, 0) is 14.3 Å². The van der Waals surface area contributed by atoms with Gasteiger partial charge in [-0.3, -0.25) is 9.59 Å². The zero-order valence-electron chi connectivity index (χ0n) is 13.1. The summed E-state index contributed by atoms with van der Waals surface area (Å²) >= 11 is 0. The molecule has 3 fully saturated rings. The zero-order chi connectivity index (χ0) is 15.1. The Hall–Kier alpha value is -1.10. The normalized spacial score (nSPS) is 31.5. The molecule has 3 aliphatic rings. The minimum Gasteiger partial charge on any atom is -0.381 e. The molecule has 2 saturated heterocycles. The van der Waals surface area contributed by atoms with E-state index in [2.05, 4.69) is 5.32 Å². The van der Waals surface area contributed by atoms with Gasteiger partial charge in [0.1, 0.15) is 11.1 Å². The first-order valence-electron chi connectivity index (χ1n) is 8.18. The molecule has 21 heavy (non-hydrogen) atoms. The Labute approximate surface area is 126 Å². The summed E-state index contributed by atoms with van der Waals surface area (Å²) in [5.74, 6) is 0.474. The SMILES string of the molecule is CC1(C)C(=O)NC2(CCCCC2)C(=O)N1CC1CCOC1. The Morgan fingerprint density at radius 2 is 1.95 bits per heavy atom. The van der Waals surface area contributed by atoms with Crippen LogP contribution in [0.2, 0.25) is 0 Å². The predicted molar refractivity (Wildman–Crippen MR) is 78.7 cm³/mol. The largest absolute Gasteiger partial charge is 0.381 e. The number of hydrogen-bond donors (Lipinski definition) is 1. The first kappa shape index (κ1) is 14.8. The van der Waals surface area contributed by atoms with Crippen molar-refractivity contribution in [2.45, 2.75) is 63.5 Å². The van der Waals surface area contributed by atoms with Crippen LogP contribution >= 0.6 is 0 Å². The Kier molecular flexibility index (Phi) is 3.72. The molecule has 0 bridgehead atoms. The number of nitrogens with one attached hydrogen (secondary N) is 1. The van der Waals surface area contributed by atoms with Gasteiger partial charge in [-0.15, -0.1) is 0 Å². The minimum absolute atomic E-state index is 0.0112. The van der Waals surface area contributed by atoms with Gasteiger partial charge in [0.15, 0.2) is 0 Å². The Bertz CT molecular complexity index is 435. The van der Waals surface area contributed by atoms with E-state index in [0.717, 1.165) is 45.1 Å². The lowest BCUT2D eigenvalue weighted by molar-refractivity contribution is -0.163. The molecule has 1 unspecified atom stereocenters. The number of ether oxygens (including phenoxy) is 1. The lowest BCUT2D eigenvalue weighted by Crippen LogP contribution is -2.74.